The molecule has 3 aromatic heterocycles. The molecule has 9 rings (SSSR count). The summed E-state index contributed by atoms with van der Waals surface area (Å²) in [6, 6.07) is 14.9. The maximum Gasteiger partial charge on any atom is 0.494 e. The summed E-state index contributed by atoms with van der Waals surface area (Å²) >= 11 is 1.73. The first-order valence-electron chi connectivity index (χ1n) is 19.5. The second kappa shape index (κ2) is 13.5. The fraction of sp³-hybridized carbons (Fsp3) is 0.452. The molecular weight excluding hydrogens is 732 g/mol. The molecule has 292 valence electrons. The maximum absolute atomic E-state index is 17.1. The lowest BCUT2D eigenvalue weighted by Gasteiger charge is -2.32. The van der Waals surface area contributed by atoms with Gasteiger partial charge in [-0.1, -0.05) is 32.0 Å². The molecule has 14 heteroatoms. The quantitative estimate of drug-likeness (QED) is 0.153. The number of nitrogens with one attached hydrogen (secondary N) is 2. The predicted octanol–water partition coefficient (Wildman–Crippen LogP) is 8.06. The number of aromatic amines is 1. The number of alkyl carbamates (subject to hydrolysis) is 1. The van der Waals surface area contributed by atoms with Gasteiger partial charge in [0.1, 0.15) is 17.6 Å². The van der Waals surface area contributed by atoms with Crippen LogP contribution in [0.25, 0.3) is 33.4 Å². The third kappa shape index (κ3) is 6.11. The van der Waals surface area contributed by atoms with Crippen LogP contribution in [0.1, 0.15) is 101 Å². The van der Waals surface area contributed by atoms with E-state index in [0.29, 0.717) is 40.7 Å². The third-order valence-corrected chi connectivity index (χ3v) is 13.5. The molecule has 1 unspecified atom stereocenters. The average Bonchev–Trinajstić information content (AvgIpc) is 3.57. The van der Waals surface area contributed by atoms with Gasteiger partial charge in [0.05, 0.1) is 52.3 Å². The fourth-order valence-electron chi connectivity index (χ4n) is 8.19. The highest BCUT2D eigenvalue weighted by molar-refractivity contribution is 7.12. The number of rotatable bonds is 8. The van der Waals surface area contributed by atoms with Crippen LogP contribution >= 0.6 is 11.3 Å². The van der Waals surface area contributed by atoms with Gasteiger partial charge in [0.15, 0.2) is 5.82 Å². The van der Waals surface area contributed by atoms with Crippen LogP contribution in [0.2, 0.25) is 0 Å². The number of methoxy groups -OCH3 is 1. The molecule has 1 aliphatic carbocycles. The number of benzene rings is 2. The Morgan fingerprint density at radius 3 is 2.50 bits per heavy atom. The maximum atomic E-state index is 17.1. The molecule has 4 aliphatic rings. The Hall–Kier alpha value is -4.66. The summed E-state index contributed by atoms with van der Waals surface area (Å²) in [7, 11) is 0.664. The number of halogens is 1. The summed E-state index contributed by atoms with van der Waals surface area (Å²) in [5, 5.41) is 3.18. The molecule has 3 fully saturated rings. The minimum Gasteiger partial charge on any atom is -0.464 e. The molecule has 56 heavy (non-hydrogen) atoms. The highest BCUT2D eigenvalue weighted by atomic mass is 32.1. The number of H-pyrrole nitrogens is 1. The van der Waals surface area contributed by atoms with E-state index < -0.39 is 36.7 Å². The fourth-order valence-corrected chi connectivity index (χ4v) is 9.39. The van der Waals surface area contributed by atoms with Gasteiger partial charge < -0.3 is 34.0 Å². The highest BCUT2D eigenvalue weighted by Crippen LogP contribution is 2.50. The standard InChI is InChI=1S/C42H47BFN5O6S/c1-22(2)35(47-40(51)52-7)38(50)48-18-8-9-30(48)37-45-21-28(46-37)24-12-14-26-31(19-24)53-39(33-17-16-32(56-33)23-10-11-23)49-29-15-13-25(20-27(29)34(44)36(26)49)43-54-41(3,4)42(5,6)55-43/h12-17,19-23,30,35,39H,8-11,18H2,1-7H3,(H,45,46)(H,47,51)/t30-,35-,39?/m0/s1. The first-order valence-corrected chi connectivity index (χ1v) is 20.4. The van der Waals surface area contributed by atoms with Crippen molar-refractivity contribution in [1.82, 2.24) is 24.8 Å². The number of ether oxygens (including phenoxy) is 2. The van der Waals surface area contributed by atoms with Crippen molar-refractivity contribution in [2.45, 2.75) is 103 Å². The van der Waals surface area contributed by atoms with Gasteiger partial charge in [-0.3, -0.25) is 9.36 Å². The number of imidazole rings is 1. The van der Waals surface area contributed by atoms with Gasteiger partial charge in [-0.2, -0.15) is 0 Å². The van der Waals surface area contributed by atoms with Crippen molar-refractivity contribution >= 4 is 46.8 Å². The lowest BCUT2D eigenvalue weighted by atomic mass is 9.78. The van der Waals surface area contributed by atoms with Crippen molar-refractivity contribution in [1.29, 1.82) is 0 Å². The van der Waals surface area contributed by atoms with Crippen molar-refractivity contribution in [2.24, 2.45) is 5.92 Å². The molecule has 2 aromatic carbocycles. The van der Waals surface area contributed by atoms with E-state index in [1.807, 2.05) is 82.5 Å². The predicted molar refractivity (Wildman–Crippen MR) is 214 cm³/mol. The van der Waals surface area contributed by atoms with E-state index in [0.717, 1.165) is 40.0 Å². The van der Waals surface area contributed by atoms with Gasteiger partial charge in [0.25, 0.3) is 0 Å². The molecule has 2 saturated heterocycles. The molecule has 0 spiro atoms. The molecule has 11 nitrogen and oxygen atoms in total. The van der Waals surface area contributed by atoms with Crippen molar-refractivity contribution < 1.29 is 32.8 Å². The number of fused-ring (bicyclic) bond motifs is 5. The van der Waals surface area contributed by atoms with Crippen LogP contribution in [0.4, 0.5) is 9.18 Å². The minimum atomic E-state index is -0.724. The zero-order valence-corrected chi connectivity index (χ0v) is 33.6. The zero-order valence-electron chi connectivity index (χ0n) is 32.8. The second-order valence-corrected chi connectivity index (χ2v) is 18.0. The molecule has 2 amide bonds. The molecule has 3 atom stereocenters. The molecule has 0 bridgehead atoms. The molecule has 2 N–H and O–H groups in total. The largest absolute Gasteiger partial charge is 0.494 e. The Bertz CT molecular complexity index is 2350. The molecule has 5 aromatic rings. The number of carbonyl (C=O) groups excluding carboxylic acids is 2. The third-order valence-electron chi connectivity index (χ3n) is 12.2. The number of hydrogen-bond donors (Lipinski definition) is 2. The summed E-state index contributed by atoms with van der Waals surface area (Å²) in [5.74, 6) is 1.19. The lowest BCUT2D eigenvalue weighted by molar-refractivity contribution is -0.135. The average molecular weight is 780 g/mol. The minimum absolute atomic E-state index is 0.135. The van der Waals surface area contributed by atoms with E-state index in [-0.39, 0.29) is 23.7 Å². The van der Waals surface area contributed by atoms with Crippen LogP contribution < -0.4 is 15.5 Å². The Morgan fingerprint density at radius 2 is 1.79 bits per heavy atom. The van der Waals surface area contributed by atoms with E-state index in [1.54, 1.807) is 22.4 Å². The molecule has 6 heterocycles. The van der Waals surface area contributed by atoms with Gasteiger partial charge in [0, 0.05) is 27.9 Å². The Labute approximate surface area is 330 Å². The van der Waals surface area contributed by atoms with E-state index in [1.165, 1.54) is 24.8 Å². The number of nitrogens with zero attached hydrogens (tertiary/aromatic N) is 3. The van der Waals surface area contributed by atoms with E-state index in [9.17, 15) is 9.59 Å². The van der Waals surface area contributed by atoms with Crippen LogP contribution in [0.15, 0.2) is 54.7 Å². The molecule has 1 saturated carbocycles. The summed E-state index contributed by atoms with van der Waals surface area (Å²) in [6.45, 7) is 12.4. The van der Waals surface area contributed by atoms with Gasteiger partial charge in [-0.25, -0.2) is 14.2 Å². The van der Waals surface area contributed by atoms with Gasteiger partial charge in [-0.15, -0.1) is 11.3 Å². The number of hydrogen-bond acceptors (Lipinski definition) is 8. The van der Waals surface area contributed by atoms with E-state index in [4.69, 9.17) is 23.8 Å². The first kappa shape index (κ1) is 37.0. The lowest BCUT2D eigenvalue weighted by Crippen LogP contribution is -2.51. The summed E-state index contributed by atoms with van der Waals surface area (Å²) in [6.07, 6.45) is 4.47. The van der Waals surface area contributed by atoms with E-state index >= 15 is 4.39 Å². The molecule has 3 aliphatic heterocycles. The van der Waals surface area contributed by atoms with Crippen LogP contribution in [0, 0.1) is 11.7 Å². The van der Waals surface area contributed by atoms with Crippen LogP contribution in [-0.4, -0.2) is 69.5 Å². The number of thiophene rings is 1. The molecular formula is C42H47BFN5O6S. The van der Waals surface area contributed by atoms with Gasteiger partial charge >= 0.3 is 13.2 Å². The number of likely N-dealkylation sites (tertiary alicyclic amines) is 1. The Kier molecular flexibility index (Phi) is 8.90. The summed E-state index contributed by atoms with van der Waals surface area (Å²) < 4.78 is 43.4. The number of carbonyl (C=O) groups is 2. The van der Waals surface area contributed by atoms with Crippen molar-refractivity contribution in [2.75, 3.05) is 13.7 Å². The summed E-state index contributed by atoms with van der Waals surface area (Å²) in [5.41, 5.74) is 3.13. The second-order valence-electron chi connectivity index (χ2n) is 16.8. The number of aromatic nitrogens is 3. The van der Waals surface area contributed by atoms with Crippen LogP contribution in [0.3, 0.4) is 0 Å². The molecule has 0 radical (unpaired) electrons. The van der Waals surface area contributed by atoms with Crippen LogP contribution in [0.5, 0.6) is 5.75 Å². The van der Waals surface area contributed by atoms with Crippen molar-refractivity contribution in [3.8, 4) is 28.3 Å². The van der Waals surface area contributed by atoms with Gasteiger partial charge in [-0.05, 0) is 101 Å². The topological polar surface area (TPSA) is 120 Å². The number of amides is 2. The normalized spacial score (nSPS) is 21.6. The van der Waals surface area contributed by atoms with Crippen molar-refractivity contribution in [3.63, 3.8) is 0 Å². The van der Waals surface area contributed by atoms with Crippen molar-refractivity contribution in [3.05, 3.63) is 76.1 Å². The SMILES string of the molecule is COC(=O)N[C@H](C(=O)N1CCC[C@H]1c1ncc(-c2ccc3c(c2)OC(c2ccc(C4CC4)s2)n2c-3c(F)c3cc(B4OC(C)(C)C(C)(C)O4)ccc32)[nH]1)C(C)C. The van der Waals surface area contributed by atoms with Gasteiger partial charge in [0.2, 0.25) is 12.1 Å². The van der Waals surface area contributed by atoms with E-state index in [2.05, 4.69) is 22.4 Å². The van der Waals surface area contributed by atoms with Crippen LogP contribution in [-0.2, 0) is 18.8 Å². The monoisotopic (exact) mass is 779 g/mol. The highest BCUT2D eigenvalue weighted by Gasteiger charge is 2.52. The zero-order chi connectivity index (χ0) is 39.3. The smallest absolute Gasteiger partial charge is 0.464 e. The Morgan fingerprint density at radius 1 is 1.04 bits per heavy atom. The summed E-state index contributed by atoms with van der Waals surface area (Å²) in [4.78, 5) is 38.1. The first-order chi connectivity index (χ1) is 26.7. The Balaban J connectivity index is 1.07.